The van der Waals surface area contributed by atoms with Crippen molar-refractivity contribution in [2.24, 2.45) is 11.8 Å². The molecule has 20 heavy (non-hydrogen) atoms. The third kappa shape index (κ3) is 2.97. The van der Waals surface area contributed by atoms with E-state index in [2.05, 4.69) is 6.92 Å². The molecular formula is C17H22F2O. The maximum absolute atomic E-state index is 14.2. The molecular weight excluding hydrogens is 258 g/mol. The molecule has 2 saturated carbocycles. The minimum atomic E-state index is -0.804. The van der Waals surface area contributed by atoms with Crippen LogP contribution in [0.2, 0.25) is 0 Å². The number of hydrogen-bond donors (Lipinski definition) is 0. The number of rotatable bonds is 4. The summed E-state index contributed by atoms with van der Waals surface area (Å²) in [6.45, 7) is 2.73. The van der Waals surface area contributed by atoms with Crippen molar-refractivity contribution < 1.29 is 13.5 Å². The molecule has 2 fully saturated rings. The molecule has 0 atom stereocenters. The first-order valence-corrected chi connectivity index (χ1v) is 7.76. The van der Waals surface area contributed by atoms with Gasteiger partial charge in [-0.25, -0.2) is 4.39 Å². The molecule has 1 aromatic rings. The molecule has 1 nitrogen and oxygen atoms in total. The van der Waals surface area contributed by atoms with Crippen LogP contribution in [-0.2, 0) is 0 Å². The van der Waals surface area contributed by atoms with E-state index in [-0.39, 0.29) is 11.7 Å². The van der Waals surface area contributed by atoms with Crippen LogP contribution in [-0.4, -0.2) is 6.61 Å². The Balaban J connectivity index is 1.73. The molecule has 0 bridgehead atoms. The van der Waals surface area contributed by atoms with E-state index in [9.17, 15) is 8.78 Å². The highest BCUT2D eigenvalue weighted by Gasteiger charge is 2.26. The van der Waals surface area contributed by atoms with Crippen molar-refractivity contribution in [3.63, 3.8) is 0 Å². The monoisotopic (exact) mass is 280 g/mol. The second-order valence-corrected chi connectivity index (χ2v) is 6.49. The average Bonchev–Trinajstić information content (AvgIpc) is 3.26. The van der Waals surface area contributed by atoms with Gasteiger partial charge in [0.1, 0.15) is 0 Å². The summed E-state index contributed by atoms with van der Waals surface area (Å²) < 4.78 is 33.7. The van der Waals surface area contributed by atoms with Gasteiger partial charge in [0.25, 0.3) is 0 Å². The van der Waals surface area contributed by atoms with Gasteiger partial charge >= 0.3 is 0 Å². The van der Waals surface area contributed by atoms with Crippen molar-refractivity contribution in [1.29, 1.82) is 0 Å². The lowest BCUT2D eigenvalue weighted by molar-refractivity contribution is 0.278. The van der Waals surface area contributed by atoms with Gasteiger partial charge in [-0.05, 0) is 55.1 Å². The largest absolute Gasteiger partial charge is 0.490 e. The fourth-order valence-electron chi connectivity index (χ4n) is 3.04. The molecule has 2 aliphatic rings. The summed E-state index contributed by atoms with van der Waals surface area (Å²) >= 11 is 0. The van der Waals surface area contributed by atoms with Crippen molar-refractivity contribution in [3.8, 4) is 5.75 Å². The number of hydrogen-bond acceptors (Lipinski definition) is 1. The molecule has 3 heteroatoms. The van der Waals surface area contributed by atoms with Gasteiger partial charge in [-0.15, -0.1) is 0 Å². The molecule has 0 radical (unpaired) electrons. The molecule has 2 aliphatic carbocycles. The highest BCUT2D eigenvalue weighted by atomic mass is 19.2. The second kappa shape index (κ2) is 5.71. The summed E-state index contributed by atoms with van der Waals surface area (Å²) in [6.07, 6.45) is 6.40. The van der Waals surface area contributed by atoms with Crippen LogP contribution < -0.4 is 4.74 Å². The highest BCUT2D eigenvalue weighted by molar-refractivity contribution is 5.33. The predicted molar refractivity (Wildman–Crippen MR) is 75.0 cm³/mol. The van der Waals surface area contributed by atoms with Crippen LogP contribution in [0.1, 0.15) is 56.9 Å². The Hall–Kier alpha value is -1.12. The van der Waals surface area contributed by atoms with Gasteiger partial charge in [-0.1, -0.05) is 25.8 Å². The normalized spacial score (nSPS) is 26.6. The van der Waals surface area contributed by atoms with Gasteiger partial charge in [0, 0.05) is 0 Å². The molecule has 0 N–H and O–H groups in total. The van der Waals surface area contributed by atoms with E-state index >= 15 is 0 Å². The van der Waals surface area contributed by atoms with Crippen molar-refractivity contribution in [1.82, 2.24) is 0 Å². The van der Waals surface area contributed by atoms with Crippen molar-refractivity contribution >= 4 is 0 Å². The van der Waals surface area contributed by atoms with E-state index < -0.39 is 11.6 Å². The quantitative estimate of drug-likeness (QED) is 0.750. The molecule has 0 heterocycles. The molecule has 0 unspecified atom stereocenters. The van der Waals surface area contributed by atoms with E-state index in [4.69, 9.17) is 4.74 Å². The first-order chi connectivity index (χ1) is 9.65. The number of halogens is 2. The summed E-state index contributed by atoms with van der Waals surface area (Å²) in [6, 6.07) is 3.33. The van der Waals surface area contributed by atoms with Crippen molar-refractivity contribution in [2.45, 2.75) is 51.4 Å². The lowest BCUT2D eigenvalue weighted by Crippen LogP contribution is -2.13. The van der Waals surface area contributed by atoms with E-state index in [1.54, 1.807) is 12.1 Å². The molecule has 1 aromatic carbocycles. The van der Waals surface area contributed by atoms with Crippen LogP contribution in [0.4, 0.5) is 8.78 Å². The Morgan fingerprint density at radius 1 is 1.00 bits per heavy atom. The van der Waals surface area contributed by atoms with Gasteiger partial charge in [0.2, 0.25) is 5.82 Å². The zero-order valence-electron chi connectivity index (χ0n) is 12.0. The zero-order valence-corrected chi connectivity index (χ0v) is 12.0. The summed E-state index contributed by atoms with van der Waals surface area (Å²) in [5.74, 6) is -0.0163. The molecule has 0 spiro atoms. The topological polar surface area (TPSA) is 9.23 Å². The number of ether oxygens (including phenoxy) is 1. The van der Waals surface area contributed by atoms with Crippen LogP contribution in [0.15, 0.2) is 12.1 Å². The summed E-state index contributed by atoms with van der Waals surface area (Å²) in [4.78, 5) is 0. The van der Waals surface area contributed by atoms with Crippen LogP contribution in [0, 0.1) is 23.5 Å². The fraction of sp³-hybridized carbons (Fsp3) is 0.647. The summed E-state index contributed by atoms with van der Waals surface area (Å²) in [5, 5.41) is 0. The summed E-state index contributed by atoms with van der Waals surface area (Å²) in [5.41, 5.74) is 0.535. The standard InChI is InChI=1S/C17H22F2O/c1-11-2-6-13(7-3-11)14-8-9-15(17(19)16(14)18)20-10-12-4-5-12/h8-9,11-13H,2-7,10H2,1H3. The van der Waals surface area contributed by atoms with Crippen molar-refractivity contribution in [2.75, 3.05) is 6.61 Å². The Morgan fingerprint density at radius 3 is 2.35 bits per heavy atom. The summed E-state index contributed by atoms with van der Waals surface area (Å²) in [7, 11) is 0. The maximum atomic E-state index is 14.2. The second-order valence-electron chi connectivity index (χ2n) is 6.49. The highest BCUT2D eigenvalue weighted by Crippen LogP contribution is 2.38. The lowest BCUT2D eigenvalue weighted by Gasteiger charge is -2.27. The Kier molecular flexibility index (Phi) is 3.95. The molecule has 0 aliphatic heterocycles. The van der Waals surface area contributed by atoms with Gasteiger partial charge in [0.15, 0.2) is 11.6 Å². The third-order valence-electron chi connectivity index (χ3n) is 4.70. The van der Waals surface area contributed by atoms with Crippen LogP contribution in [0.3, 0.4) is 0 Å². The van der Waals surface area contributed by atoms with Gasteiger partial charge < -0.3 is 4.74 Å². The molecule has 110 valence electrons. The van der Waals surface area contributed by atoms with Gasteiger partial charge in [0.05, 0.1) is 6.61 Å². The third-order valence-corrected chi connectivity index (χ3v) is 4.70. The first kappa shape index (κ1) is 13.8. The minimum Gasteiger partial charge on any atom is -0.490 e. The smallest absolute Gasteiger partial charge is 0.200 e. The average molecular weight is 280 g/mol. The van der Waals surface area contributed by atoms with E-state index in [1.165, 1.54) is 0 Å². The number of benzene rings is 1. The van der Waals surface area contributed by atoms with Gasteiger partial charge in [-0.2, -0.15) is 4.39 Å². The minimum absolute atomic E-state index is 0.0716. The zero-order chi connectivity index (χ0) is 14.1. The van der Waals surface area contributed by atoms with Gasteiger partial charge in [-0.3, -0.25) is 0 Å². The molecule has 0 aromatic heterocycles. The van der Waals surface area contributed by atoms with E-state index in [0.717, 1.165) is 38.5 Å². The molecule has 3 rings (SSSR count). The predicted octanol–water partition coefficient (Wildman–Crippen LogP) is 5.05. The Labute approximate surface area is 119 Å². The Morgan fingerprint density at radius 2 is 1.70 bits per heavy atom. The fourth-order valence-corrected chi connectivity index (χ4v) is 3.04. The van der Waals surface area contributed by atoms with Crippen LogP contribution in [0.25, 0.3) is 0 Å². The SMILES string of the molecule is CC1CCC(c2ccc(OCC3CC3)c(F)c2F)CC1. The van der Waals surface area contributed by atoms with Crippen molar-refractivity contribution in [3.05, 3.63) is 29.3 Å². The van der Waals surface area contributed by atoms with E-state index in [1.807, 2.05) is 0 Å². The van der Waals surface area contributed by atoms with E-state index in [0.29, 0.717) is 24.0 Å². The van der Waals surface area contributed by atoms with Crippen LogP contribution >= 0.6 is 0 Å². The van der Waals surface area contributed by atoms with Crippen LogP contribution in [0.5, 0.6) is 5.75 Å². The lowest BCUT2D eigenvalue weighted by atomic mass is 9.79. The molecule has 0 amide bonds. The maximum Gasteiger partial charge on any atom is 0.200 e. The first-order valence-electron chi connectivity index (χ1n) is 7.76. The molecule has 0 saturated heterocycles. The Bertz CT molecular complexity index is 474.